The molecule has 0 spiro atoms. The van der Waals surface area contributed by atoms with E-state index in [4.69, 9.17) is 28.9 Å². The summed E-state index contributed by atoms with van der Waals surface area (Å²) >= 11 is 12.3. The molecule has 0 unspecified atom stereocenters. The molecule has 0 aliphatic rings. The standard InChI is InChI=1S/C14H13Cl2FN2/c1-19(14-10(15)3-2-4-11(14)16)8-9-5-6-12(17)13(18)7-9/h2-7H,8,18H2,1H3. The molecule has 0 radical (unpaired) electrons. The lowest BCUT2D eigenvalue weighted by Crippen LogP contribution is -2.17. The summed E-state index contributed by atoms with van der Waals surface area (Å²) in [4.78, 5) is 1.90. The lowest BCUT2D eigenvalue weighted by atomic mass is 10.1. The quantitative estimate of drug-likeness (QED) is 0.854. The van der Waals surface area contributed by atoms with Gasteiger partial charge in [-0.2, -0.15) is 0 Å². The number of nitrogens with zero attached hydrogens (tertiary/aromatic N) is 1. The van der Waals surface area contributed by atoms with Gasteiger partial charge in [-0.3, -0.25) is 0 Å². The van der Waals surface area contributed by atoms with Crippen molar-refractivity contribution in [1.29, 1.82) is 0 Å². The Hall–Kier alpha value is -1.45. The number of hydrogen-bond acceptors (Lipinski definition) is 2. The average Bonchev–Trinajstić information content (AvgIpc) is 2.33. The number of anilines is 2. The van der Waals surface area contributed by atoms with Gasteiger partial charge in [0.25, 0.3) is 0 Å². The maximum Gasteiger partial charge on any atom is 0.146 e. The van der Waals surface area contributed by atoms with Crippen LogP contribution >= 0.6 is 23.2 Å². The van der Waals surface area contributed by atoms with Gasteiger partial charge in [-0.15, -0.1) is 0 Å². The first kappa shape index (κ1) is 14.0. The van der Waals surface area contributed by atoms with Crippen molar-refractivity contribution in [2.24, 2.45) is 0 Å². The van der Waals surface area contributed by atoms with E-state index in [-0.39, 0.29) is 5.69 Å². The number of para-hydroxylation sites is 1. The molecule has 19 heavy (non-hydrogen) atoms. The lowest BCUT2D eigenvalue weighted by Gasteiger charge is -2.22. The summed E-state index contributed by atoms with van der Waals surface area (Å²) < 4.78 is 13.1. The van der Waals surface area contributed by atoms with Crippen molar-refractivity contribution in [3.8, 4) is 0 Å². The van der Waals surface area contributed by atoms with E-state index >= 15 is 0 Å². The van der Waals surface area contributed by atoms with Crippen LogP contribution in [0.3, 0.4) is 0 Å². The van der Waals surface area contributed by atoms with E-state index in [1.165, 1.54) is 6.07 Å². The molecule has 0 saturated heterocycles. The van der Waals surface area contributed by atoms with Crippen LogP contribution in [-0.2, 0) is 6.54 Å². The minimum Gasteiger partial charge on any atom is -0.396 e. The Morgan fingerprint density at radius 1 is 1.16 bits per heavy atom. The fourth-order valence-electron chi connectivity index (χ4n) is 1.90. The van der Waals surface area contributed by atoms with Gasteiger partial charge in [-0.25, -0.2) is 4.39 Å². The Labute approximate surface area is 121 Å². The SMILES string of the molecule is CN(Cc1ccc(F)c(N)c1)c1c(Cl)cccc1Cl. The van der Waals surface area contributed by atoms with Crippen LogP contribution in [-0.4, -0.2) is 7.05 Å². The molecule has 0 saturated carbocycles. The van der Waals surface area contributed by atoms with Crippen molar-refractivity contribution in [2.75, 3.05) is 17.7 Å². The number of hydrogen-bond donors (Lipinski definition) is 1. The molecule has 0 aromatic heterocycles. The fraction of sp³-hybridized carbons (Fsp3) is 0.143. The zero-order valence-corrected chi connectivity index (χ0v) is 11.8. The highest BCUT2D eigenvalue weighted by molar-refractivity contribution is 6.39. The second-order valence-corrected chi connectivity index (χ2v) is 5.10. The largest absolute Gasteiger partial charge is 0.396 e. The number of nitrogen functional groups attached to an aromatic ring is 1. The van der Waals surface area contributed by atoms with Gasteiger partial charge in [-0.05, 0) is 29.8 Å². The highest BCUT2D eigenvalue weighted by atomic mass is 35.5. The normalized spacial score (nSPS) is 10.5. The molecule has 5 heteroatoms. The van der Waals surface area contributed by atoms with Gasteiger partial charge in [0, 0.05) is 13.6 Å². The van der Waals surface area contributed by atoms with Gasteiger partial charge in [0.1, 0.15) is 5.82 Å². The zero-order valence-electron chi connectivity index (χ0n) is 10.3. The molecule has 2 rings (SSSR count). The monoisotopic (exact) mass is 298 g/mol. The molecular formula is C14H13Cl2FN2. The average molecular weight is 299 g/mol. The van der Waals surface area contributed by atoms with Crippen molar-refractivity contribution < 1.29 is 4.39 Å². The zero-order chi connectivity index (χ0) is 14.0. The Morgan fingerprint density at radius 3 is 2.37 bits per heavy atom. The molecule has 0 atom stereocenters. The molecule has 2 aromatic carbocycles. The van der Waals surface area contributed by atoms with Crippen LogP contribution in [0.2, 0.25) is 10.0 Å². The summed E-state index contributed by atoms with van der Waals surface area (Å²) in [6.45, 7) is 0.536. The summed E-state index contributed by atoms with van der Waals surface area (Å²) in [7, 11) is 1.87. The Bertz CT molecular complexity index is 582. The maximum atomic E-state index is 13.1. The number of rotatable bonds is 3. The highest BCUT2D eigenvalue weighted by Gasteiger charge is 2.11. The van der Waals surface area contributed by atoms with Crippen LogP contribution in [0.5, 0.6) is 0 Å². The molecule has 0 aliphatic carbocycles. The van der Waals surface area contributed by atoms with E-state index < -0.39 is 5.82 Å². The number of benzene rings is 2. The van der Waals surface area contributed by atoms with Crippen LogP contribution in [0, 0.1) is 5.82 Å². The molecule has 0 heterocycles. The summed E-state index contributed by atoms with van der Waals surface area (Å²) in [5, 5.41) is 1.15. The molecule has 0 fully saturated rings. The first-order valence-electron chi connectivity index (χ1n) is 5.68. The van der Waals surface area contributed by atoms with Crippen molar-refractivity contribution in [3.63, 3.8) is 0 Å². The van der Waals surface area contributed by atoms with Crippen LogP contribution < -0.4 is 10.6 Å². The Morgan fingerprint density at radius 2 is 1.79 bits per heavy atom. The van der Waals surface area contributed by atoms with Gasteiger partial charge in [0.15, 0.2) is 0 Å². The number of nitrogens with two attached hydrogens (primary N) is 1. The third-order valence-electron chi connectivity index (χ3n) is 2.80. The smallest absolute Gasteiger partial charge is 0.146 e. The summed E-state index contributed by atoms with van der Waals surface area (Å²) in [6.07, 6.45) is 0. The van der Waals surface area contributed by atoms with Crippen LogP contribution in [0.4, 0.5) is 15.8 Å². The molecule has 2 nitrogen and oxygen atoms in total. The minimum atomic E-state index is -0.415. The summed E-state index contributed by atoms with van der Waals surface area (Å²) in [5.41, 5.74) is 7.32. The molecule has 2 aromatic rings. The number of halogens is 3. The van der Waals surface area contributed by atoms with E-state index in [2.05, 4.69) is 0 Å². The molecule has 0 amide bonds. The van der Waals surface area contributed by atoms with Crippen molar-refractivity contribution in [2.45, 2.75) is 6.54 Å². The van der Waals surface area contributed by atoms with Gasteiger partial charge in [-0.1, -0.05) is 35.3 Å². The second-order valence-electron chi connectivity index (χ2n) is 4.28. The van der Waals surface area contributed by atoms with E-state index in [1.807, 2.05) is 11.9 Å². The molecule has 0 bridgehead atoms. The topological polar surface area (TPSA) is 29.3 Å². The van der Waals surface area contributed by atoms with Crippen molar-refractivity contribution >= 4 is 34.6 Å². The lowest BCUT2D eigenvalue weighted by molar-refractivity contribution is 0.631. The summed E-state index contributed by atoms with van der Waals surface area (Å²) in [5.74, 6) is -0.415. The third-order valence-corrected chi connectivity index (χ3v) is 3.41. The molecule has 0 aliphatic heterocycles. The van der Waals surface area contributed by atoms with Gasteiger partial charge < -0.3 is 10.6 Å². The third kappa shape index (κ3) is 3.11. The summed E-state index contributed by atoms with van der Waals surface area (Å²) in [6, 6.07) is 9.99. The fourth-order valence-corrected chi connectivity index (χ4v) is 2.58. The first-order valence-corrected chi connectivity index (χ1v) is 6.43. The van der Waals surface area contributed by atoms with E-state index in [1.54, 1.807) is 30.3 Å². The molecule has 100 valence electrons. The van der Waals surface area contributed by atoms with E-state index in [9.17, 15) is 4.39 Å². The maximum absolute atomic E-state index is 13.1. The van der Waals surface area contributed by atoms with Crippen molar-refractivity contribution in [1.82, 2.24) is 0 Å². The van der Waals surface area contributed by atoms with Gasteiger partial charge in [0.2, 0.25) is 0 Å². The van der Waals surface area contributed by atoms with Crippen LogP contribution in [0.15, 0.2) is 36.4 Å². The van der Waals surface area contributed by atoms with Crippen LogP contribution in [0.1, 0.15) is 5.56 Å². The molecule has 2 N–H and O–H groups in total. The highest BCUT2D eigenvalue weighted by Crippen LogP contribution is 2.33. The predicted octanol–water partition coefficient (Wildman–Crippen LogP) is 4.35. The van der Waals surface area contributed by atoms with Gasteiger partial charge >= 0.3 is 0 Å². The van der Waals surface area contributed by atoms with E-state index in [0.717, 1.165) is 11.3 Å². The second kappa shape index (κ2) is 5.68. The predicted molar refractivity (Wildman–Crippen MR) is 79.4 cm³/mol. The molecular weight excluding hydrogens is 286 g/mol. The van der Waals surface area contributed by atoms with E-state index in [0.29, 0.717) is 16.6 Å². The Balaban J connectivity index is 2.25. The van der Waals surface area contributed by atoms with Crippen molar-refractivity contribution in [3.05, 3.63) is 57.8 Å². The van der Waals surface area contributed by atoms with Gasteiger partial charge in [0.05, 0.1) is 21.4 Å². The Kier molecular flexibility index (Phi) is 4.17. The van der Waals surface area contributed by atoms with Crippen LogP contribution in [0.25, 0.3) is 0 Å². The first-order chi connectivity index (χ1) is 8.99. The minimum absolute atomic E-state index is 0.135.